The molecule has 2 aromatic carbocycles. The van der Waals surface area contributed by atoms with Crippen molar-refractivity contribution in [2.75, 3.05) is 11.9 Å². The zero-order valence-electron chi connectivity index (χ0n) is 14.3. The van der Waals surface area contributed by atoms with Gasteiger partial charge in [0.2, 0.25) is 0 Å². The van der Waals surface area contributed by atoms with Gasteiger partial charge in [-0.05, 0) is 49.7 Å². The number of aryl methyl sites for hydroxylation is 1. The zero-order valence-corrected chi connectivity index (χ0v) is 15.1. The van der Waals surface area contributed by atoms with Gasteiger partial charge in [0.25, 0.3) is 5.91 Å². The normalized spacial score (nSPS) is 10.5. The SMILES string of the molecule is CCCOc1ccc(-c2csc(NC(=O)c3ccc(C)cc3)n2)cc1. The second-order valence-electron chi connectivity index (χ2n) is 5.73. The number of hydrogen-bond donors (Lipinski definition) is 1. The first-order valence-electron chi connectivity index (χ1n) is 8.22. The molecule has 128 valence electrons. The van der Waals surface area contributed by atoms with Gasteiger partial charge in [0, 0.05) is 16.5 Å². The highest BCUT2D eigenvalue weighted by Crippen LogP contribution is 2.26. The molecule has 3 rings (SSSR count). The fraction of sp³-hybridized carbons (Fsp3) is 0.200. The van der Waals surface area contributed by atoms with Crippen molar-refractivity contribution in [3.05, 3.63) is 65.0 Å². The van der Waals surface area contributed by atoms with Crippen molar-refractivity contribution < 1.29 is 9.53 Å². The van der Waals surface area contributed by atoms with E-state index < -0.39 is 0 Å². The lowest BCUT2D eigenvalue weighted by molar-refractivity contribution is 0.102. The van der Waals surface area contributed by atoms with Gasteiger partial charge in [0.15, 0.2) is 5.13 Å². The topological polar surface area (TPSA) is 51.2 Å². The molecule has 0 aliphatic rings. The lowest BCUT2D eigenvalue weighted by atomic mass is 10.1. The molecule has 1 N–H and O–H groups in total. The van der Waals surface area contributed by atoms with E-state index in [0.717, 1.165) is 29.0 Å². The van der Waals surface area contributed by atoms with Gasteiger partial charge < -0.3 is 4.74 Å². The molecule has 0 saturated carbocycles. The minimum atomic E-state index is -0.149. The lowest BCUT2D eigenvalue weighted by Crippen LogP contribution is -2.11. The number of benzene rings is 2. The molecule has 5 heteroatoms. The van der Waals surface area contributed by atoms with Crippen molar-refractivity contribution in [2.24, 2.45) is 0 Å². The summed E-state index contributed by atoms with van der Waals surface area (Å²) < 4.78 is 5.59. The van der Waals surface area contributed by atoms with Gasteiger partial charge in [-0.25, -0.2) is 4.98 Å². The Morgan fingerprint density at radius 1 is 1.12 bits per heavy atom. The van der Waals surface area contributed by atoms with Crippen molar-refractivity contribution >= 4 is 22.4 Å². The third-order valence-electron chi connectivity index (χ3n) is 3.66. The van der Waals surface area contributed by atoms with Crippen molar-refractivity contribution in [3.63, 3.8) is 0 Å². The molecule has 1 amide bonds. The molecule has 3 aromatic rings. The number of anilines is 1. The minimum Gasteiger partial charge on any atom is -0.494 e. The standard InChI is InChI=1S/C20H20N2O2S/c1-3-12-24-17-10-8-15(9-11-17)18-13-25-20(21-18)22-19(23)16-6-4-14(2)5-7-16/h4-11,13H,3,12H2,1-2H3,(H,21,22,23). The molecule has 0 bridgehead atoms. The second kappa shape index (κ2) is 7.94. The van der Waals surface area contributed by atoms with Crippen LogP contribution in [0.2, 0.25) is 0 Å². The largest absolute Gasteiger partial charge is 0.494 e. The monoisotopic (exact) mass is 352 g/mol. The van der Waals surface area contributed by atoms with E-state index in [1.54, 1.807) is 0 Å². The van der Waals surface area contributed by atoms with Crippen LogP contribution in [0, 0.1) is 6.92 Å². The number of ether oxygens (including phenoxy) is 1. The molecule has 0 spiro atoms. The van der Waals surface area contributed by atoms with Crippen molar-refractivity contribution in [1.82, 2.24) is 4.98 Å². The van der Waals surface area contributed by atoms with E-state index in [1.807, 2.05) is 60.8 Å². The maximum Gasteiger partial charge on any atom is 0.257 e. The van der Waals surface area contributed by atoms with Crippen LogP contribution in [0.25, 0.3) is 11.3 Å². The zero-order chi connectivity index (χ0) is 17.6. The summed E-state index contributed by atoms with van der Waals surface area (Å²) in [5.41, 5.74) is 3.58. The Labute approximate surface area is 151 Å². The Morgan fingerprint density at radius 3 is 2.52 bits per heavy atom. The van der Waals surface area contributed by atoms with Gasteiger partial charge in [-0.3, -0.25) is 10.1 Å². The Morgan fingerprint density at radius 2 is 1.84 bits per heavy atom. The Balaban J connectivity index is 1.67. The van der Waals surface area contributed by atoms with E-state index in [-0.39, 0.29) is 5.91 Å². The van der Waals surface area contributed by atoms with E-state index >= 15 is 0 Å². The molecule has 0 saturated heterocycles. The fourth-order valence-electron chi connectivity index (χ4n) is 2.28. The van der Waals surface area contributed by atoms with Crippen LogP contribution in [0.1, 0.15) is 29.3 Å². The first kappa shape index (κ1) is 17.2. The Hall–Kier alpha value is -2.66. The van der Waals surface area contributed by atoms with Crippen molar-refractivity contribution in [1.29, 1.82) is 0 Å². The van der Waals surface area contributed by atoms with Gasteiger partial charge in [-0.2, -0.15) is 0 Å². The molecule has 25 heavy (non-hydrogen) atoms. The predicted molar refractivity (Wildman–Crippen MR) is 102 cm³/mol. The maximum atomic E-state index is 12.3. The van der Waals surface area contributed by atoms with Crippen LogP contribution in [0.5, 0.6) is 5.75 Å². The average molecular weight is 352 g/mol. The number of nitrogens with zero attached hydrogens (tertiary/aromatic N) is 1. The third kappa shape index (κ3) is 4.45. The van der Waals surface area contributed by atoms with Gasteiger partial charge in [0.05, 0.1) is 12.3 Å². The van der Waals surface area contributed by atoms with Crippen LogP contribution >= 0.6 is 11.3 Å². The van der Waals surface area contributed by atoms with Gasteiger partial charge in [-0.15, -0.1) is 11.3 Å². The molecular formula is C20H20N2O2S. The number of aromatic nitrogens is 1. The molecule has 4 nitrogen and oxygen atoms in total. The van der Waals surface area contributed by atoms with Gasteiger partial charge in [0.1, 0.15) is 5.75 Å². The molecule has 1 aromatic heterocycles. The number of hydrogen-bond acceptors (Lipinski definition) is 4. The third-order valence-corrected chi connectivity index (χ3v) is 4.42. The summed E-state index contributed by atoms with van der Waals surface area (Å²) in [6.07, 6.45) is 0.984. The van der Waals surface area contributed by atoms with Crippen LogP contribution in [0.15, 0.2) is 53.9 Å². The average Bonchev–Trinajstić information content (AvgIpc) is 3.09. The Bertz CT molecular complexity index is 839. The first-order chi connectivity index (χ1) is 12.2. The molecule has 0 aliphatic heterocycles. The highest BCUT2D eigenvalue weighted by molar-refractivity contribution is 7.14. The molecular weight excluding hydrogens is 332 g/mol. The summed E-state index contributed by atoms with van der Waals surface area (Å²) in [6, 6.07) is 15.3. The van der Waals surface area contributed by atoms with Crippen LogP contribution in [-0.4, -0.2) is 17.5 Å². The maximum absolute atomic E-state index is 12.3. The van der Waals surface area contributed by atoms with E-state index in [0.29, 0.717) is 17.3 Å². The summed E-state index contributed by atoms with van der Waals surface area (Å²) in [5.74, 6) is 0.706. The van der Waals surface area contributed by atoms with E-state index in [9.17, 15) is 4.79 Å². The van der Waals surface area contributed by atoms with Crippen LogP contribution in [0.4, 0.5) is 5.13 Å². The Kier molecular flexibility index (Phi) is 5.46. The van der Waals surface area contributed by atoms with Crippen LogP contribution in [-0.2, 0) is 0 Å². The molecule has 1 heterocycles. The van der Waals surface area contributed by atoms with E-state index in [1.165, 1.54) is 11.3 Å². The van der Waals surface area contributed by atoms with Crippen LogP contribution in [0.3, 0.4) is 0 Å². The number of rotatable bonds is 6. The quantitative estimate of drug-likeness (QED) is 0.667. The lowest BCUT2D eigenvalue weighted by Gasteiger charge is -2.04. The number of thiazole rings is 1. The number of carbonyl (C=O) groups is 1. The fourth-order valence-corrected chi connectivity index (χ4v) is 2.99. The summed E-state index contributed by atoms with van der Waals surface area (Å²) in [4.78, 5) is 16.8. The second-order valence-corrected chi connectivity index (χ2v) is 6.59. The number of nitrogens with one attached hydrogen (secondary N) is 1. The molecule has 0 atom stereocenters. The summed E-state index contributed by atoms with van der Waals surface area (Å²) in [5, 5.41) is 5.38. The predicted octanol–water partition coefficient (Wildman–Crippen LogP) is 5.16. The first-order valence-corrected chi connectivity index (χ1v) is 9.10. The van der Waals surface area contributed by atoms with Crippen molar-refractivity contribution in [3.8, 4) is 17.0 Å². The molecule has 0 unspecified atom stereocenters. The van der Waals surface area contributed by atoms with E-state index in [4.69, 9.17) is 4.74 Å². The van der Waals surface area contributed by atoms with Crippen LogP contribution < -0.4 is 10.1 Å². The smallest absolute Gasteiger partial charge is 0.257 e. The summed E-state index contributed by atoms with van der Waals surface area (Å²) in [6.45, 7) is 4.79. The van der Waals surface area contributed by atoms with E-state index in [2.05, 4.69) is 17.2 Å². The highest BCUT2D eigenvalue weighted by atomic mass is 32.1. The van der Waals surface area contributed by atoms with Gasteiger partial charge in [-0.1, -0.05) is 24.6 Å². The van der Waals surface area contributed by atoms with Crippen molar-refractivity contribution in [2.45, 2.75) is 20.3 Å². The molecule has 0 radical (unpaired) electrons. The molecule has 0 aliphatic carbocycles. The molecule has 0 fully saturated rings. The highest BCUT2D eigenvalue weighted by Gasteiger charge is 2.10. The number of amides is 1. The number of carbonyl (C=O) groups excluding carboxylic acids is 1. The minimum absolute atomic E-state index is 0.149. The summed E-state index contributed by atoms with van der Waals surface area (Å²) >= 11 is 1.41. The summed E-state index contributed by atoms with van der Waals surface area (Å²) in [7, 11) is 0. The van der Waals surface area contributed by atoms with Gasteiger partial charge >= 0.3 is 0 Å².